The van der Waals surface area contributed by atoms with Crippen molar-refractivity contribution in [3.05, 3.63) is 18.2 Å². The number of rotatable bonds is 3. The fourth-order valence-electron chi connectivity index (χ4n) is 1.98. The van der Waals surface area contributed by atoms with Crippen molar-refractivity contribution < 1.29 is 4.39 Å². The van der Waals surface area contributed by atoms with Gasteiger partial charge in [0, 0.05) is 25.0 Å². The highest BCUT2D eigenvalue weighted by Gasteiger charge is 2.28. The molecule has 0 saturated carbocycles. The highest BCUT2D eigenvalue weighted by molar-refractivity contribution is 5.01. The zero-order valence-electron chi connectivity index (χ0n) is 8.41. The molecule has 0 radical (unpaired) electrons. The summed E-state index contributed by atoms with van der Waals surface area (Å²) < 4.78 is 15.8. The molecule has 0 bridgehead atoms. The zero-order valence-corrected chi connectivity index (χ0v) is 8.41. The highest BCUT2D eigenvalue weighted by atomic mass is 19.1. The third-order valence-corrected chi connectivity index (χ3v) is 2.79. The maximum absolute atomic E-state index is 14.0. The number of nitrogens with one attached hydrogen (secondary N) is 1. The van der Waals surface area contributed by atoms with Crippen LogP contribution in [-0.4, -0.2) is 22.1 Å². The Bertz CT molecular complexity index is 291. The van der Waals surface area contributed by atoms with Gasteiger partial charge in [-0.15, -0.1) is 0 Å². The lowest BCUT2D eigenvalue weighted by Gasteiger charge is -2.16. The van der Waals surface area contributed by atoms with E-state index in [0.717, 1.165) is 25.9 Å². The van der Waals surface area contributed by atoms with Gasteiger partial charge in [-0.3, -0.25) is 0 Å². The molecule has 2 unspecified atom stereocenters. The largest absolute Gasteiger partial charge is 0.333 e. The van der Waals surface area contributed by atoms with Gasteiger partial charge in [-0.25, -0.2) is 9.37 Å². The van der Waals surface area contributed by atoms with Crippen LogP contribution in [0.25, 0.3) is 0 Å². The monoisotopic (exact) mass is 197 g/mol. The van der Waals surface area contributed by atoms with Gasteiger partial charge in [-0.2, -0.15) is 0 Å². The zero-order chi connectivity index (χ0) is 9.97. The predicted octanol–water partition coefficient (Wildman–Crippen LogP) is 1.67. The van der Waals surface area contributed by atoms with Gasteiger partial charge in [0.25, 0.3) is 0 Å². The van der Waals surface area contributed by atoms with Gasteiger partial charge in [0.05, 0.1) is 0 Å². The van der Waals surface area contributed by atoms with Crippen molar-refractivity contribution in [2.45, 2.75) is 38.5 Å². The standard InChI is InChI=1S/C10H16FN3/c1-2-14-7-6-13-10(14)9(11)8-4-3-5-12-8/h6-9,12H,2-5H2,1H3. The van der Waals surface area contributed by atoms with Crippen LogP contribution in [0.1, 0.15) is 31.8 Å². The number of hydrogen-bond acceptors (Lipinski definition) is 2. The maximum Gasteiger partial charge on any atom is 0.173 e. The molecule has 2 rings (SSSR count). The lowest BCUT2D eigenvalue weighted by Crippen LogP contribution is -2.28. The van der Waals surface area contributed by atoms with E-state index in [-0.39, 0.29) is 6.04 Å². The number of hydrogen-bond donors (Lipinski definition) is 1. The van der Waals surface area contributed by atoms with Crippen LogP contribution in [0.2, 0.25) is 0 Å². The molecule has 1 aromatic heterocycles. The van der Waals surface area contributed by atoms with Gasteiger partial charge in [-0.1, -0.05) is 0 Å². The number of nitrogens with zero attached hydrogens (tertiary/aromatic N) is 2. The van der Waals surface area contributed by atoms with Crippen LogP contribution in [0.5, 0.6) is 0 Å². The van der Waals surface area contributed by atoms with Gasteiger partial charge in [-0.05, 0) is 26.3 Å². The summed E-state index contributed by atoms with van der Waals surface area (Å²) in [4.78, 5) is 4.08. The van der Waals surface area contributed by atoms with Crippen molar-refractivity contribution in [3.8, 4) is 0 Å². The van der Waals surface area contributed by atoms with E-state index in [1.165, 1.54) is 0 Å². The molecule has 0 amide bonds. The molecule has 0 aliphatic carbocycles. The number of imidazole rings is 1. The van der Waals surface area contributed by atoms with E-state index in [0.29, 0.717) is 5.82 Å². The first-order chi connectivity index (χ1) is 6.83. The summed E-state index contributed by atoms with van der Waals surface area (Å²) >= 11 is 0. The van der Waals surface area contributed by atoms with Crippen LogP contribution in [-0.2, 0) is 6.54 Å². The SMILES string of the molecule is CCn1ccnc1C(F)C1CCCN1. The minimum absolute atomic E-state index is 0.0392. The first-order valence-electron chi connectivity index (χ1n) is 5.21. The summed E-state index contributed by atoms with van der Waals surface area (Å²) in [5.74, 6) is 0.562. The molecule has 1 fully saturated rings. The highest BCUT2D eigenvalue weighted by Crippen LogP contribution is 2.25. The molecule has 0 aromatic carbocycles. The smallest absolute Gasteiger partial charge is 0.173 e. The fraction of sp³-hybridized carbons (Fsp3) is 0.700. The van der Waals surface area contributed by atoms with E-state index in [2.05, 4.69) is 10.3 Å². The Morgan fingerprint density at radius 2 is 2.64 bits per heavy atom. The van der Waals surface area contributed by atoms with Crippen LogP contribution in [0, 0.1) is 0 Å². The van der Waals surface area contributed by atoms with Crippen molar-refractivity contribution in [1.29, 1.82) is 0 Å². The molecule has 78 valence electrons. The van der Waals surface area contributed by atoms with E-state index in [9.17, 15) is 4.39 Å². The third kappa shape index (κ3) is 1.66. The minimum Gasteiger partial charge on any atom is -0.333 e. The normalized spacial score (nSPS) is 24.0. The van der Waals surface area contributed by atoms with Crippen LogP contribution in [0.15, 0.2) is 12.4 Å². The fourth-order valence-corrected chi connectivity index (χ4v) is 1.98. The Morgan fingerprint density at radius 3 is 3.29 bits per heavy atom. The lowest BCUT2D eigenvalue weighted by atomic mass is 10.1. The second-order valence-electron chi connectivity index (χ2n) is 3.68. The molecular formula is C10H16FN3. The van der Waals surface area contributed by atoms with Gasteiger partial charge in [0.1, 0.15) is 5.82 Å². The Kier molecular flexibility index (Phi) is 2.82. The molecule has 1 aliphatic heterocycles. The van der Waals surface area contributed by atoms with Crippen molar-refractivity contribution in [2.75, 3.05) is 6.54 Å². The van der Waals surface area contributed by atoms with Crippen LogP contribution < -0.4 is 5.32 Å². The molecule has 1 aliphatic rings. The van der Waals surface area contributed by atoms with Gasteiger partial charge >= 0.3 is 0 Å². The molecule has 3 nitrogen and oxygen atoms in total. The molecular weight excluding hydrogens is 181 g/mol. The van der Waals surface area contributed by atoms with Crippen molar-refractivity contribution in [3.63, 3.8) is 0 Å². The Hall–Kier alpha value is -0.900. The average Bonchev–Trinajstić information content (AvgIpc) is 2.87. The summed E-state index contributed by atoms with van der Waals surface area (Å²) in [5, 5.41) is 3.17. The quantitative estimate of drug-likeness (QED) is 0.798. The van der Waals surface area contributed by atoms with E-state index in [4.69, 9.17) is 0 Å². The van der Waals surface area contributed by atoms with Crippen molar-refractivity contribution >= 4 is 0 Å². The topological polar surface area (TPSA) is 29.9 Å². The van der Waals surface area contributed by atoms with E-state index in [1.54, 1.807) is 6.20 Å². The maximum atomic E-state index is 14.0. The molecule has 1 saturated heterocycles. The summed E-state index contributed by atoms with van der Waals surface area (Å²) in [6.45, 7) is 3.71. The first-order valence-corrected chi connectivity index (χ1v) is 5.21. The number of aromatic nitrogens is 2. The summed E-state index contributed by atoms with van der Waals surface area (Å²) in [5.41, 5.74) is 0. The Balaban J connectivity index is 2.12. The van der Waals surface area contributed by atoms with Gasteiger partial charge in [0.15, 0.2) is 6.17 Å². The predicted molar refractivity (Wildman–Crippen MR) is 52.8 cm³/mol. The van der Waals surface area contributed by atoms with Crippen molar-refractivity contribution in [2.24, 2.45) is 0 Å². The van der Waals surface area contributed by atoms with E-state index < -0.39 is 6.17 Å². The Labute approximate surface area is 83.3 Å². The molecule has 2 heterocycles. The molecule has 0 spiro atoms. The molecule has 4 heteroatoms. The van der Waals surface area contributed by atoms with Crippen LogP contribution in [0.3, 0.4) is 0 Å². The second-order valence-corrected chi connectivity index (χ2v) is 3.68. The molecule has 1 N–H and O–H groups in total. The second kappa shape index (κ2) is 4.09. The summed E-state index contributed by atoms with van der Waals surface area (Å²) in [6.07, 6.45) is 4.51. The van der Waals surface area contributed by atoms with Crippen LogP contribution in [0.4, 0.5) is 4.39 Å². The number of alkyl halides is 1. The lowest BCUT2D eigenvalue weighted by molar-refractivity contribution is 0.251. The number of aryl methyl sites for hydroxylation is 1. The minimum atomic E-state index is -0.965. The van der Waals surface area contributed by atoms with Gasteiger partial charge in [0.2, 0.25) is 0 Å². The summed E-state index contributed by atoms with van der Waals surface area (Å²) in [6, 6.07) is -0.0392. The van der Waals surface area contributed by atoms with Crippen molar-refractivity contribution in [1.82, 2.24) is 14.9 Å². The first kappa shape index (κ1) is 9.65. The third-order valence-electron chi connectivity index (χ3n) is 2.79. The Morgan fingerprint density at radius 1 is 1.79 bits per heavy atom. The molecule has 14 heavy (non-hydrogen) atoms. The molecule has 1 aromatic rings. The average molecular weight is 197 g/mol. The van der Waals surface area contributed by atoms with E-state index in [1.807, 2.05) is 17.7 Å². The van der Waals surface area contributed by atoms with E-state index >= 15 is 0 Å². The molecule has 2 atom stereocenters. The summed E-state index contributed by atoms with van der Waals surface area (Å²) in [7, 11) is 0. The van der Waals surface area contributed by atoms with Crippen LogP contribution >= 0.6 is 0 Å². The van der Waals surface area contributed by atoms with Gasteiger partial charge < -0.3 is 9.88 Å². The number of halogens is 1.